The van der Waals surface area contributed by atoms with E-state index in [1.54, 1.807) is 18.5 Å². The minimum Gasteiger partial charge on any atom is -0.463 e. The number of nitrogens with zero attached hydrogens (tertiary/aromatic N) is 4. The minimum atomic E-state index is -3.11. The third-order valence-electron chi connectivity index (χ3n) is 5.40. The smallest absolute Gasteiger partial charge is 0.316 e. The number of aryl methyl sites for hydroxylation is 1. The van der Waals surface area contributed by atoms with Crippen LogP contribution in [-0.2, 0) is 16.4 Å². The fraction of sp³-hybridized carbons (Fsp3) is 0.500. The number of aromatic nitrogens is 3. The van der Waals surface area contributed by atoms with Crippen molar-refractivity contribution in [2.75, 3.05) is 25.4 Å². The molecule has 0 aromatic carbocycles. The monoisotopic (exact) mass is 374 g/mol. The zero-order valence-corrected chi connectivity index (χ0v) is 15.5. The molecule has 1 spiro atoms. The molecule has 2 saturated heterocycles. The molecule has 2 aliphatic heterocycles. The Bertz CT molecular complexity index is 882. The molecule has 8 heteroatoms. The molecule has 0 aliphatic carbocycles. The van der Waals surface area contributed by atoms with Crippen LogP contribution >= 0.6 is 0 Å². The first-order chi connectivity index (χ1) is 12.5. The van der Waals surface area contributed by atoms with Crippen molar-refractivity contribution in [3.05, 3.63) is 48.0 Å². The van der Waals surface area contributed by atoms with Gasteiger partial charge in [-0.15, -0.1) is 0 Å². The molecule has 2 aliphatic rings. The van der Waals surface area contributed by atoms with Gasteiger partial charge in [-0.1, -0.05) is 6.07 Å². The molecule has 2 aromatic rings. The summed E-state index contributed by atoms with van der Waals surface area (Å²) in [6, 6.07) is 6.03. The van der Waals surface area contributed by atoms with Crippen LogP contribution in [-0.4, -0.2) is 58.5 Å². The molecule has 26 heavy (non-hydrogen) atoms. The summed E-state index contributed by atoms with van der Waals surface area (Å²) in [4.78, 5) is 14.6. The van der Waals surface area contributed by atoms with Crippen molar-refractivity contribution in [2.45, 2.75) is 24.6 Å². The molecule has 0 radical (unpaired) electrons. The number of pyridine rings is 1. The molecule has 0 N–H and O–H groups in total. The van der Waals surface area contributed by atoms with Gasteiger partial charge in [-0.2, -0.15) is 0 Å². The summed E-state index contributed by atoms with van der Waals surface area (Å²) in [5.41, 5.74) is 1.92. The van der Waals surface area contributed by atoms with Gasteiger partial charge in [0.2, 0.25) is 0 Å². The first-order valence-electron chi connectivity index (χ1n) is 8.74. The normalized spacial score (nSPS) is 23.7. The van der Waals surface area contributed by atoms with Gasteiger partial charge < -0.3 is 4.74 Å². The zero-order chi connectivity index (χ0) is 18.2. The summed E-state index contributed by atoms with van der Waals surface area (Å²) in [6.07, 6.45) is 5.85. The molecule has 4 heterocycles. The van der Waals surface area contributed by atoms with Gasteiger partial charge >= 0.3 is 6.01 Å². The lowest BCUT2D eigenvalue weighted by atomic mass is 9.83. The quantitative estimate of drug-likeness (QED) is 0.778. The average molecular weight is 374 g/mol. The van der Waals surface area contributed by atoms with E-state index in [4.69, 9.17) is 4.74 Å². The maximum Gasteiger partial charge on any atom is 0.316 e. The minimum absolute atomic E-state index is 0.0261. The third kappa shape index (κ3) is 3.07. The Labute approximate surface area is 153 Å². The Hall–Kier alpha value is -2.06. The van der Waals surface area contributed by atoms with Crippen LogP contribution in [0.4, 0.5) is 0 Å². The molecular formula is C18H22N4O3S. The van der Waals surface area contributed by atoms with E-state index in [-0.39, 0.29) is 11.7 Å². The fourth-order valence-corrected chi connectivity index (χ4v) is 6.40. The van der Waals surface area contributed by atoms with Gasteiger partial charge in [-0.3, -0.25) is 9.88 Å². The Balaban J connectivity index is 1.43. The Kier molecular flexibility index (Phi) is 4.40. The van der Waals surface area contributed by atoms with Crippen LogP contribution in [0.5, 0.6) is 6.01 Å². The van der Waals surface area contributed by atoms with Gasteiger partial charge in [0.15, 0.2) is 9.84 Å². The first-order valence-corrected chi connectivity index (χ1v) is 10.4. The number of rotatable bonds is 5. The highest BCUT2D eigenvalue weighted by atomic mass is 32.2. The van der Waals surface area contributed by atoms with Crippen molar-refractivity contribution in [1.82, 2.24) is 19.9 Å². The van der Waals surface area contributed by atoms with Crippen molar-refractivity contribution >= 4 is 9.84 Å². The highest BCUT2D eigenvalue weighted by Crippen LogP contribution is 2.45. The maximum atomic E-state index is 12.7. The molecule has 0 saturated carbocycles. The average Bonchev–Trinajstić information content (AvgIpc) is 2.85. The molecule has 4 rings (SSSR count). The number of sulfone groups is 1. The molecule has 2 fully saturated rings. The van der Waals surface area contributed by atoms with Crippen molar-refractivity contribution in [1.29, 1.82) is 0 Å². The lowest BCUT2D eigenvalue weighted by Gasteiger charge is -2.49. The zero-order valence-electron chi connectivity index (χ0n) is 14.7. The van der Waals surface area contributed by atoms with E-state index in [0.717, 1.165) is 17.8 Å². The second kappa shape index (κ2) is 6.59. The van der Waals surface area contributed by atoms with Crippen LogP contribution in [0.3, 0.4) is 0 Å². The Morgan fingerprint density at radius 1 is 1.31 bits per heavy atom. The molecule has 0 amide bonds. The van der Waals surface area contributed by atoms with E-state index in [0.29, 0.717) is 32.1 Å². The van der Waals surface area contributed by atoms with E-state index >= 15 is 0 Å². The molecule has 1 atom stereocenters. The molecule has 138 valence electrons. The van der Waals surface area contributed by atoms with Crippen molar-refractivity contribution in [2.24, 2.45) is 5.92 Å². The standard InChI is InChI=1S/C18H22N4O3S/c1-14-4-7-20-17(21-14)25-11-16-5-8-26(23,24)18(16)12-22(13-18)10-15-3-2-6-19-9-15/h2-4,6-7,9,16H,5,8,10-13H2,1H3. The number of hydrogen-bond acceptors (Lipinski definition) is 7. The van der Waals surface area contributed by atoms with Gasteiger partial charge in [0.1, 0.15) is 4.75 Å². The van der Waals surface area contributed by atoms with E-state index in [9.17, 15) is 8.42 Å². The fourth-order valence-electron chi connectivity index (χ4n) is 3.95. The van der Waals surface area contributed by atoms with Crippen LogP contribution in [0.2, 0.25) is 0 Å². The maximum absolute atomic E-state index is 12.7. The lowest BCUT2D eigenvalue weighted by molar-refractivity contribution is 0.0571. The van der Waals surface area contributed by atoms with E-state index in [1.165, 1.54) is 0 Å². The van der Waals surface area contributed by atoms with Crippen LogP contribution in [0.15, 0.2) is 36.8 Å². The summed E-state index contributed by atoms with van der Waals surface area (Å²) in [5.74, 6) is 0.206. The topological polar surface area (TPSA) is 85.3 Å². The predicted molar refractivity (Wildman–Crippen MR) is 96.4 cm³/mol. The van der Waals surface area contributed by atoms with Crippen molar-refractivity contribution in [3.8, 4) is 6.01 Å². The second-order valence-corrected chi connectivity index (χ2v) is 9.62. The molecular weight excluding hydrogens is 352 g/mol. The van der Waals surface area contributed by atoms with Gasteiger partial charge in [0, 0.05) is 49.8 Å². The lowest BCUT2D eigenvalue weighted by Crippen LogP contribution is -2.67. The molecule has 0 bridgehead atoms. The molecule has 2 aromatic heterocycles. The van der Waals surface area contributed by atoms with E-state index in [2.05, 4.69) is 19.9 Å². The summed E-state index contributed by atoms with van der Waals surface area (Å²) >= 11 is 0. The molecule has 1 unspecified atom stereocenters. The van der Waals surface area contributed by atoms with Gasteiger partial charge in [-0.25, -0.2) is 18.4 Å². The van der Waals surface area contributed by atoms with Crippen LogP contribution in [0.1, 0.15) is 17.7 Å². The first kappa shape index (κ1) is 17.4. The van der Waals surface area contributed by atoms with Gasteiger partial charge in [-0.05, 0) is 31.0 Å². The van der Waals surface area contributed by atoms with Crippen LogP contribution < -0.4 is 4.74 Å². The van der Waals surface area contributed by atoms with Crippen LogP contribution in [0, 0.1) is 12.8 Å². The van der Waals surface area contributed by atoms with Gasteiger partial charge in [0.05, 0.1) is 12.4 Å². The second-order valence-electron chi connectivity index (χ2n) is 7.17. The number of likely N-dealkylation sites (tertiary alicyclic amines) is 1. The highest BCUT2D eigenvalue weighted by Gasteiger charge is 2.61. The summed E-state index contributed by atoms with van der Waals surface area (Å²) in [5, 5.41) is 0. The molecule has 7 nitrogen and oxygen atoms in total. The van der Waals surface area contributed by atoms with Crippen LogP contribution in [0.25, 0.3) is 0 Å². The van der Waals surface area contributed by atoms with Crippen molar-refractivity contribution < 1.29 is 13.2 Å². The summed E-state index contributed by atoms with van der Waals surface area (Å²) in [7, 11) is -3.11. The van der Waals surface area contributed by atoms with Crippen molar-refractivity contribution in [3.63, 3.8) is 0 Å². The van der Waals surface area contributed by atoms with E-state index < -0.39 is 14.6 Å². The number of hydrogen-bond donors (Lipinski definition) is 0. The third-order valence-corrected chi connectivity index (χ3v) is 8.00. The van der Waals surface area contributed by atoms with E-state index in [1.807, 2.05) is 25.3 Å². The summed E-state index contributed by atoms with van der Waals surface area (Å²) < 4.78 is 30.5. The number of ether oxygens (including phenoxy) is 1. The largest absolute Gasteiger partial charge is 0.463 e. The SMILES string of the molecule is Cc1ccnc(OCC2CCS(=O)(=O)C23CN(Cc2cccnc2)C3)n1. The predicted octanol–water partition coefficient (Wildman–Crippen LogP) is 1.25. The summed E-state index contributed by atoms with van der Waals surface area (Å²) in [6.45, 7) is 4.03. The highest BCUT2D eigenvalue weighted by molar-refractivity contribution is 7.93. The Morgan fingerprint density at radius 3 is 2.88 bits per heavy atom. The van der Waals surface area contributed by atoms with Gasteiger partial charge in [0.25, 0.3) is 0 Å². The Morgan fingerprint density at radius 2 is 2.15 bits per heavy atom.